The van der Waals surface area contributed by atoms with Crippen molar-refractivity contribution in [3.8, 4) is 0 Å². The van der Waals surface area contributed by atoms with E-state index in [1.165, 1.54) is 205 Å². The van der Waals surface area contributed by atoms with Crippen LogP contribution in [0.5, 0.6) is 0 Å². The molecule has 0 saturated carbocycles. The third-order valence-electron chi connectivity index (χ3n) is 14.2. The van der Waals surface area contributed by atoms with Crippen LogP contribution in [-0.2, 0) is 60.2 Å². The van der Waals surface area contributed by atoms with Gasteiger partial charge in [-0.3, -0.25) is 6.08 Å². The van der Waals surface area contributed by atoms with Gasteiger partial charge in [0.05, 0.1) is 0 Å². The summed E-state index contributed by atoms with van der Waals surface area (Å²) in [5, 5.41) is 6.62. The zero-order chi connectivity index (χ0) is 45.0. The van der Waals surface area contributed by atoms with Crippen LogP contribution in [0.1, 0.15) is 255 Å². The minimum absolute atomic E-state index is 0. The van der Waals surface area contributed by atoms with E-state index < -0.39 is 8.07 Å². The van der Waals surface area contributed by atoms with E-state index in [0.29, 0.717) is 0 Å². The molecule has 4 rings (SSSR count). The van der Waals surface area contributed by atoms with Crippen molar-refractivity contribution >= 4 is 23.6 Å². The Morgan fingerprint density at radius 2 is 0.582 bits per heavy atom. The Labute approximate surface area is 450 Å². The van der Waals surface area contributed by atoms with Crippen molar-refractivity contribution in [2.75, 3.05) is 0 Å². The van der Waals surface area contributed by atoms with E-state index in [9.17, 15) is 0 Å². The number of unbranched alkanes of at least 4 members (excludes halogenated alkanes) is 18. The molecular weight excluding hydrogens is 927 g/mol. The van der Waals surface area contributed by atoms with Crippen LogP contribution in [0.15, 0.2) is 71.4 Å². The van der Waals surface area contributed by atoms with Crippen LogP contribution >= 0.6 is 0 Å². The van der Waals surface area contributed by atoms with Gasteiger partial charge in [-0.25, -0.2) is 11.6 Å². The number of hydrogen-bond acceptors (Lipinski definition) is 0. The first-order valence-corrected chi connectivity index (χ1v) is 29.7. The molecule has 0 N–H and O–H groups in total. The summed E-state index contributed by atoms with van der Waals surface area (Å²) in [6.45, 7) is 16.5. The van der Waals surface area contributed by atoms with Crippen LogP contribution < -0.4 is 52.8 Å². The maximum Gasteiger partial charge on any atom is 4.00 e. The van der Waals surface area contributed by atoms with Gasteiger partial charge in [0, 0.05) is 0 Å². The second-order valence-electron chi connectivity index (χ2n) is 20.0. The SMILES string of the molecule is CCCCCCc1cc(CCCCCC)cc([Si](C2=[C-]C(CCC)=CC2)(c2cc(CCCCCC)cc(CCCCCC)c2)c2cc(CCCCCC)cc(CCCCCC)c2)c1.[Cl-].[Cl-].[Cl-].[Ti+4]. The van der Waals surface area contributed by atoms with Gasteiger partial charge in [-0.1, -0.05) is 238 Å². The molecule has 0 heterocycles. The third-order valence-corrected chi connectivity index (χ3v) is 18.9. The molecular formula is C62H97Cl3SiTi. The minimum Gasteiger partial charge on any atom is -1.00 e. The predicted octanol–water partition coefficient (Wildman–Crippen LogP) is 8.30. The van der Waals surface area contributed by atoms with Crippen LogP contribution in [0.25, 0.3) is 0 Å². The molecule has 0 atom stereocenters. The summed E-state index contributed by atoms with van der Waals surface area (Å²) in [6, 6.07) is 24.7. The molecule has 0 aliphatic heterocycles. The van der Waals surface area contributed by atoms with Crippen molar-refractivity contribution in [1.82, 2.24) is 0 Å². The molecule has 374 valence electrons. The molecule has 0 radical (unpaired) electrons. The topological polar surface area (TPSA) is 0 Å². The Bertz CT molecular complexity index is 1510. The van der Waals surface area contributed by atoms with E-state index in [-0.39, 0.29) is 58.9 Å². The van der Waals surface area contributed by atoms with E-state index in [2.05, 4.69) is 115 Å². The fourth-order valence-electron chi connectivity index (χ4n) is 10.6. The van der Waals surface area contributed by atoms with Crippen LogP contribution in [0.3, 0.4) is 0 Å². The van der Waals surface area contributed by atoms with E-state index in [0.717, 1.165) is 12.8 Å². The van der Waals surface area contributed by atoms with E-state index in [4.69, 9.17) is 0 Å². The Kier molecular flexibility index (Phi) is 38.9. The zero-order valence-electron chi connectivity index (χ0n) is 44.2. The Hall–Kier alpha value is -1.06. The molecule has 3 aromatic rings. The molecule has 1 aliphatic carbocycles. The smallest absolute Gasteiger partial charge is 1.00 e. The minimum atomic E-state index is -2.82. The quantitative estimate of drug-likeness (QED) is 0.0238. The van der Waals surface area contributed by atoms with Gasteiger partial charge in [-0.15, -0.1) is 0 Å². The Balaban J connectivity index is 0.0000109. The molecule has 0 fully saturated rings. The number of halogens is 3. The molecule has 1 aliphatic rings. The molecule has 0 saturated heterocycles. The maximum absolute atomic E-state index is 4.34. The van der Waals surface area contributed by atoms with Gasteiger partial charge >= 0.3 is 21.7 Å². The molecule has 0 bridgehead atoms. The first-order chi connectivity index (χ1) is 30.9. The van der Waals surface area contributed by atoms with Crippen molar-refractivity contribution < 1.29 is 58.9 Å². The number of hydrogen-bond donors (Lipinski definition) is 0. The van der Waals surface area contributed by atoms with E-state index in [1.54, 1.807) is 54.1 Å². The van der Waals surface area contributed by atoms with E-state index in [1.807, 2.05) is 0 Å². The van der Waals surface area contributed by atoms with Crippen molar-refractivity contribution in [2.45, 2.75) is 260 Å². The zero-order valence-corrected chi connectivity index (χ0v) is 49.1. The van der Waals surface area contributed by atoms with Gasteiger partial charge in [0.1, 0.15) is 0 Å². The first kappa shape index (κ1) is 65.9. The molecule has 0 aromatic heterocycles. The summed E-state index contributed by atoms with van der Waals surface area (Å²) in [5.41, 5.74) is 11.0. The van der Waals surface area contributed by atoms with Crippen LogP contribution in [-0.4, -0.2) is 8.07 Å². The van der Waals surface area contributed by atoms with Gasteiger partial charge in [0.15, 0.2) is 8.07 Å². The first-order valence-electron chi connectivity index (χ1n) is 27.7. The monoisotopic (exact) mass is 1020 g/mol. The van der Waals surface area contributed by atoms with Crippen LogP contribution in [0.4, 0.5) is 0 Å². The van der Waals surface area contributed by atoms with Gasteiger partial charge in [0.25, 0.3) is 0 Å². The van der Waals surface area contributed by atoms with Crippen molar-refractivity contribution in [3.63, 3.8) is 0 Å². The van der Waals surface area contributed by atoms with Crippen LogP contribution in [0, 0.1) is 6.08 Å². The predicted molar refractivity (Wildman–Crippen MR) is 285 cm³/mol. The standard InChI is InChI=1S/C62H97Si.3ClH.Ti/c1-8-15-21-27-34-53-42-54(35-28-22-16-9-2)47-60(46-53)63(59-41-40-52(45-59)33-14-7,61-48-55(36-29-23-17-10-3)43-56(49-61)37-30-24-18-11-4)62-50-57(38-31-25-19-12-5)44-58(51-62)39-32-26-20-13-6;;;;/h40,42-44,46-51H,8-39,41H2,1-7H3;3*1H;/q-1;;;;+4/p-3. The number of allylic oxidation sites excluding steroid dienone is 4. The van der Waals surface area contributed by atoms with Crippen LogP contribution in [0.2, 0.25) is 0 Å². The molecule has 0 spiro atoms. The Morgan fingerprint density at radius 1 is 0.328 bits per heavy atom. The van der Waals surface area contributed by atoms with Gasteiger partial charge in [-0.05, 0) is 126 Å². The second-order valence-corrected chi connectivity index (χ2v) is 23.9. The maximum atomic E-state index is 4.34. The second kappa shape index (κ2) is 39.5. The fourth-order valence-corrected chi connectivity index (χ4v) is 15.8. The molecule has 67 heavy (non-hydrogen) atoms. The summed E-state index contributed by atoms with van der Waals surface area (Å²) in [6.07, 6.45) is 49.1. The van der Waals surface area contributed by atoms with Gasteiger partial charge in [0.2, 0.25) is 0 Å². The molecule has 5 heteroatoms. The number of aryl methyl sites for hydroxylation is 6. The van der Waals surface area contributed by atoms with Gasteiger partial charge in [-0.2, -0.15) is 5.20 Å². The average Bonchev–Trinajstić information content (AvgIpc) is 3.76. The summed E-state index contributed by atoms with van der Waals surface area (Å²) in [5.74, 6) is 0. The molecule has 3 aromatic carbocycles. The largest absolute Gasteiger partial charge is 4.00 e. The van der Waals surface area contributed by atoms with Gasteiger partial charge < -0.3 is 37.2 Å². The molecule has 0 unspecified atom stereocenters. The summed E-state index contributed by atoms with van der Waals surface area (Å²) >= 11 is 0. The van der Waals surface area contributed by atoms with Crippen molar-refractivity contribution in [2.24, 2.45) is 0 Å². The molecule has 0 nitrogen and oxygen atoms in total. The normalized spacial score (nSPS) is 12.2. The molecule has 0 amide bonds. The summed E-state index contributed by atoms with van der Waals surface area (Å²) in [4.78, 5) is 0. The Morgan fingerprint density at radius 3 is 0.806 bits per heavy atom. The number of benzene rings is 3. The summed E-state index contributed by atoms with van der Waals surface area (Å²) < 4.78 is 0. The summed E-state index contributed by atoms with van der Waals surface area (Å²) in [7, 11) is -2.82. The third kappa shape index (κ3) is 22.5. The fraction of sp³-hybridized carbons (Fsp3) is 0.645. The average molecular weight is 1020 g/mol. The van der Waals surface area contributed by atoms with E-state index >= 15 is 0 Å². The number of rotatable bonds is 36. The van der Waals surface area contributed by atoms with Crippen molar-refractivity contribution in [1.29, 1.82) is 0 Å². The van der Waals surface area contributed by atoms with Crippen molar-refractivity contribution in [3.05, 3.63) is 111 Å².